The Morgan fingerprint density at radius 3 is 2.68 bits per heavy atom. The van der Waals surface area contributed by atoms with Gasteiger partial charge in [-0.2, -0.15) is 0 Å². The molecule has 1 aromatic heterocycles. The molecule has 0 aliphatic heterocycles. The summed E-state index contributed by atoms with van der Waals surface area (Å²) in [7, 11) is -2.35. The second-order valence-electron chi connectivity index (χ2n) is 4.40. The topological polar surface area (TPSA) is 81.7 Å². The second-order valence-corrected chi connectivity index (χ2v) is 7.26. The van der Waals surface area contributed by atoms with E-state index in [0.29, 0.717) is 11.5 Å². The SMILES string of the molecule is COc1cc(C)ccc1OCC(=O)NS(=O)(=O)c1cccs1. The first kappa shape index (κ1) is 16.3. The van der Waals surface area contributed by atoms with Gasteiger partial charge in [-0.1, -0.05) is 12.1 Å². The molecule has 2 rings (SSSR count). The molecular weight excluding hydrogens is 326 g/mol. The van der Waals surface area contributed by atoms with Gasteiger partial charge in [0.25, 0.3) is 15.9 Å². The number of sulfonamides is 1. The van der Waals surface area contributed by atoms with Crippen molar-refractivity contribution >= 4 is 27.3 Å². The summed E-state index contributed by atoms with van der Waals surface area (Å²) < 4.78 is 36.3. The summed E-state index contributed by atoms with van der Waals surface area (Å²) in [6.45, 7) is 1.47. The summed E-state index contributed by atoms with van der Waals surface area (Å²) in [6.07, 6.45) is 0. The zero-order chi connectivity index (χ0) is 16.2. The molecule has 1 aromatic carbocycles. The number of amides is 1. The van der Waals surface area contributed by atoms with Crippen molar-refractivity contribution in [2.75, 3.05) is 13.7 Å². The lowest BCUT2D eigenvalue weighted by Gasteiger charge is -2.11. The number of ether oxygens (including phenoxy) is 2. The predicted octanol–water partition coefficient (Wildman–Crippen LogP) is 1.95. The Kier molecular flexibility index (Phi) is 5.04. The van der Waals surface area contributed by atoms with E-state index in [1.54, 1.807) is 29.6 Å². The molecule has 118 valence electrons. The first-order chi connectivity index (χ1) is 10.4. The van der Waals surface area contributed by atoms with Crippen molar-refractivity contribution in [1.82, 2.24) is 4.72 Å². The Bertz CT molecular complexity index is 754. The average molecular weight is 341 g/mol. The lowest BCUT2D eigenvalue weighted by atomic mass is 10.2. The third-order valence-electron chi connectivity index (χ3n) is 2.69. The van der Waals surface area contributed by atoms with E-state index in [4.69, 9.17) is 9.47 Å². The zero-order valence-corrected chi connectivity index (χ0v) is 13.7. The molecular formula is C14H15NO5S2. The first-order valence-corrected chi connectivity index (χ1v) is 8.65. The van der Waals surface area contributed by atoms with Crippen molar-refractivity contribution in [3.8, 4) is 11.5 Å². The summed E-state index contributed by atoms with van der Waals surface area (Å²) in [5.74, 6) is 0.0988. The molecule has 0 saturated heterocycles. The molecule has 0 fully saturated rings. The van der Waals surface area contributed by atoms with Gasteiger partial charge in [-0.3, -0.25) is 4.79 Å². The Morgan fingerprint density at radius 1 is 1.27 bits per heavy atom. The number of hydrogen-bond acceptors (Lipinski definition) is 6. The summed E-state index contributed by atoms with van der Waals surface area (Å²) >= 11 is 1.03. The lowest BCUT2D eigenvalue weighted by molar-refractivity contribution is -0.121. The monoisotopic (exact) mass is 341 g/mol. The fourth-order valence-electron chi connectivity index (χ4n) is 1.68. The summed E-state index contributed by atoms with van der Waals surface area (Å²) in [5, 5.41) is 1.62. The van der Waals surface area contributed by atoms with Gasteiger partial charge in [-0.15, -0.1) is 11.3 Å². The second kappa shape index (κ2) is 6.80. The number of carbonyl (C=O) groups excluding carboxylic acids is 1. The van der Waals surface area contributed by atoms with Crippen LogP contribution in [0.4, 0.5) is 0 Å². The van der Waals surface area contributed by atoms with Crippen LogP contribution in [0.3, 0.4) is 0 Å². The van der Waals surface area contributed by atoms with Crippen LogP contribution in [0.15, 0.2) is 39.9 Å². The molecule has 0 atom stereocenters. The third kappa shape index (κ3) is 3.99. The highest BCUT2D eigenvalue weighted by Crippen LogP contribution is 2.27. The van der Waals surface area contributed by atoms with Crippen LogP contribution in [0.2, 0.25) is 0 Å². The van der Waals surface area contributed by atoms with Crippen LogP contribution in [0.1, 0.15) is 5.56 Å². The fourth-order valence-corrected chi connectivity index (χ4v) is 3.65. The van der Waals surface area contributed by atoms with Gasteiger partial charge in [-0.25, -0.2) is 13.1 Å². The van der Waals surface area contributed by atoms with Crippen molar-refractivity contribution in [1.29, 1.82) is 0 Å². The summed E-state index contributed by atoms with van der Waals surface area (Å²) in [5.41, 5.74) is 0.980. The van der Waals surface area contributed by atoms with Crippen molar-refractivity contribution in [3.63, 3.8) is 0 Å². The number of aryl methyl sites for hydroxylation is 1. The van der Waals surface area contributed by atoms with Gasteiger partial charge >= 0.3 is 0 Å². The van der Waals surface area contributed by atoms with Gasteiger partial charge in [0, 0.05) is 0 Å². The number of carbonyl (C=O) groups is 1. The standard InChI is InChI=1S/C14H15NO5S2/c1-10-5-6-11(12(8-10)19-2)20-9-13(16)15-22(17,18)14-4-3-7-21-14/h3-8H,9H2,1-2H3,(H,15,16). The molecule has 22 heavy (non-hydrogen) atoms. The van der Waals surface area contributed by atoms with Crippen molar-refractivity contribution < 1.29 is 22.7 Å². The number of thiophene rings is 1. The molecule has 1 amide bonds. The quantitative estimate of drug-likeness (QED) is 0.868. The van der Waals surface area contributed by atoms with E-state index < -0.39 is 22.5 Å². The van der Waals surface area contributed by atoms with Crippen LogP contribution in [-0.4, -0.2) is 28.0 Å². The maximum absolute atomic E-state index is 11.9. The van der Waals surface area contributed by atoms with Crippen LogP contribution in [-0.2, 0) is 14.8 Å². The van der Waals surface area contributed by atoms with Crippen LogP contribution >= 0.6 is 11.3 Å². The number of benzene rings is 1. The molecule has 0 spiro atoms. The minimum Gasteiger partial charge on any atom is -0.493 e. The molecule has 1 N–H and O–H groups in total. The van der Waals surface area contributed by atoms with Gasteiger partial charge in [-0.05, 0) is 36.1 Å². The van der Waals surface area contributed by atoms with E-state index in [-0.39, 0.29) is 4.21 Å². The highest BCUT2D eigenvalue weighted by molar-refractivity contribution is 7.92. The lowest BCUT2D eigenvalue weighted by Crippen LogP contribution is -2.34. The normalized spacial score (nSPS) is 11.0. The number of nitrogens with one attached hydrogen (secondary N) is 1. The van der Waals surface area contributed by atoms with E-state index in [2.05, 4.69) is 0 Å². The first-order valence-electron chi connectivity index (χ1n) is 6.29. The van der Waals surface area contributed by atoms with Gasteiger partial charge < -0.3 is 9.47 Å². The highest BCUT2D eigenvalue weighted by atomic mass is 32.2. The summed E-state index contributed by atoms with van der Waals surface area (Å²) in [6, 6.07) is 8.24. The minimum absolute atomic E-state index is 0.0776. The van der Waals surface area contributed by atoms with E-state index in [1.165, 1.54) is 13.2 Å². The van der Waals surface area contributed by atoms with Crippen LogP contribution in [0.25, 0.3) is 0 Å². The van der Waals surface area contributed by atoms with Crippen molar-refractivity contribution in [2.45, 2.75) is 11.1 Å². The molecule has 2 aromatic rings. The predicted molar refractivity (Wildman–Crippen MR) is 82.9 cm³/mol. The Labute approximate surface area is 132 Å². The van der Waals surface area contributed by atoms with Crippen molar-refractivity contribution in [2.24, 2.45) is 0 Å². The Hall–Kier alpha value is -2.06. The van der Waals surface area contributed by atoms with Gasteiger partial charge in [0.15, 0.2) is 18.1 Å². The Balaban J connectivity index is 1.99. The molecule has 0 aliphatic carbocycles. The fraction of sp³-hybridized carbons (Fsp3) is 0.214. The number of hydrogen-bond donors (Lipinski definition) is 1. The maximum atomic E-state index is 11.9. The molecule has 0 bridgehead atoms. The largest absolute Gasteiger partial charge is 0.493 e. The molecule has 0 unspecified atom stereocenters. The molecule has 0 radical (unpaired) electrons. The van der Waals surface area contributed by atoms with E-state index in [1.807, 2.05) is 11.6 Å². The molecule has 8 heteroatoms. The van der Waals surface area contributed by atoms with E-state index in [9.17, 15) is 13.2 Å². The molecule has 6 nitrogen and oxygen atoms in total. The smallest absolute Gasteiger partial charge is 0.273 e. The third-order valence-corrected chi connectivity index (χ3v) is 5.46. The highest BCUT2D eigenvalue weighted by Gasteiger charge is 2.19. The van der Waals surface area contributed by atoms with Gasteiger partial charge in [0.05, 0.1) is 7.11 Å². The maximum Gasteiger partial charge on any atom is 0.273 e. The van der Waals surface area contributed by atoms with E-state index >= 15 is 0 Å². The van der Waals surface area contributed by atoms with Crippen LogP contribution < -0.4 is 14.2 Å². The molecule has 1 heterocycles. The minimum atomic E-state index is -3.84. The van der Waals surface area contributed by atoms with E-state index in [0.717, 1.165) is 16.9 Å². The van der Waals surface area contributed by atoms with Crippen molar-refractivity contribution in [3.05, 3.63) is 41.3 Å². The Morgan fingerprint density at radius 2 is 2.05 bits per heavy atom. The van der Waals surface area contributed by atoms with Crippen LogP contribution in [0, 0.1) is 6.92 Å². The van der Waals surface area contributed by atoms with Crippen LogP contribution in [0.5, 0.6) is 11.5 Å². The molecule has 0 aliphatic rings. The number of methoxy groups -OCH3 is 1. The van der Waals surface area contributed by atoms with Gasteiger partial charge in [0.1, 0.15) is 4.21 Å². The summed E-state index contributed by atoms with van der Waals surface area (Å²) in [4.78, 5) is 11.7. The molecule has 0 saturated carbocycles. The zero-order valence-electron chi connectivity index (χ0n) is 12.0. The van der Waals surface area contributed by atoms with Gasteiger partial charge in [0.2, 0.25) is 0 Å². The average Bonchev–Trinajstić information content (AvgIpc) is 3.00. The number of rotatable bonds is 6.